The van der Waals surface area contributed by atoms with Crippen LogP contribution in [0.4, 0.5) is 0 Å². The first-order valence-corrected chi connectivity index (χ1v) is 5.10. The Labute approximate surface area is 86.8 Å². The molecule has 1 saturated carbocycles. The van der Waals surface area contributed by atoms with Crippen molar-refractivity contribution in [3.8, 4) is 0 Å². The monoisotopic (exact) mass is 202 g/mol. The van der Waals surface area contributed by atoms with Gasteiger partial charge in [-0.25, -0.2) is 0 Å². The van der Waals surface area contributed by atoms with E-state index in [1.807, 2.05) is 0 Å². The average Bonchev–Trinajstić information content (AvgIpc) is 2.76. The van der Waals surface area contributed by atoms with Gasteiger partial charge in [0.2, 0.25) is 0 Å². The molecular weight excluding hydrogens is 180 g/mol. The predicted molar refractivity (Wildman–Crippen MR) is 57.4 cm³/mol. The van der Waals surface area contributed by atoms with E-state index in [4.69, 9.17) is 4.79 Å². The van der Waals surface area contributed by atoms with Gasteiger partial charge in [-0.15, -0.1) is 0 Å². The minimum Gasteiger partial charge on any atom is -0.374 e. The van der Waals surface area contributed by atoms with Crippen molar-refractivity contribution in [1.82, 2.24) is 0 Å². The quantitative estimate of drug-likeness (QED) is 0.646. The van der Waals surface area contributed by atoms with Crippen LogP contribution in [0.25, 0.3) is 0 Å². The lowest BCUT2D eigenvalue weighted by molar-refractivity contribution is -0.115. The molecular formula is C11H22O3. The van der Waals surface area contributed by atoms with E-state index in [1.165, 1.54) is 46.1 Å². The zero-order chi connectivity index (χ0) is 11.2. The summed E-state index contributed by atoms with van der Waals surface area (Å²) in [6.45, 7) is 3.13. The zero-order valence-electron chi connectivity index (χ0n) is 9.49. The summed E-state index contributed by atoms with van der Waals surface area (Å²) < 4.78 is 4.53. The molecule has 1 aliphatic carbocycles. The first-order valence-electron chi connectivity index (χ1n) is 5.10. The van der Waals surface area contributed by atoms with Gasteiger partial charge in [-0.2, -0.15) is 0 Å². The van der Waals surface area contributed by atoms with Crippen molar-refractivity contribution >= 4 is 12.6 Å². The summed E-state index contributed by atoms with van der Waals surface area (Å²) >= 11 is 0. The fourth-order valence-electron chi connectivity index (χ4n) is 0.939. The Morgan fingerprint density at radius 2 is 1.36 bits per heavy atom. The van der Waals surface area contributed by atoms with Crippen molar-refractivity contribution in [2.24, 2.45) is 0 Å². The fraction of sp³-hybridized carbons (Fsp3) is 0.818. The van der Waals surface area contributed by atoms with E-state index in [0.717, 1.165) is 12.6 Å². The highest BCUT2D eigenvalue weighted by molar-refractivity contribution is 5.54. The van der Waals surface area contributed by atoms with Crippen molar-refractivity contribution in [2.75, 3.05) is 7.11 Å². The number of hydrogen-bond donors (Lipinski definition) is 0. The number of carbonyl (C=O) groups excluding carboxylic acids is 2. The molecule has 3 heteroatoms. The maximum Gasteiger partial charge on any atom is 0.148 e. The Hall–Kier alpha value is -0.700. The van der Waals surface area contributed by atoms with E-state index in [0.29, 0.717) is 0 Å². The Morgan fingerprint density at radius 1 is 1.07 bits per heavy atom. The van der Waals surface area contributed by atoms with Crippen LogP contribution in [-0.4, -0.2) is 25.8 Å². The van der Waals surface area contributed by atoms with Gasteiger partial charge < -0.3 is 14.3 Å². The molecule has 84 valence electrons. The second kappa shape index (κ2) is 14.8. The van der Waals surface area contributed by atoms with Crippen molar-refractivity contribution in [1.29, 1.82) is 0 Å². The van der Waals surface area contributed by atoms with Crippen LogP contribution in [0.15, 0.2) is 0 Å². The van der Waals surface area contributed by atoms with Gasteiger partial charge in [0.05, 0.1) is 0 Å². The molecule has 0 aromatic rings. The summed E-state index contributed by atoms with van der Waals surface area (Å²) in [6.07, 6.45) is 8.75. The number of hydrogen-bond acceptors (Lipinski definition) is 3. The number of aldehydes is 2. The second-order valence-electron chi connectivity index (χ2n) is 3.08. The minimum atomic E-state index is -0.245. The van der Waals surface area contributed by atoms with Crippen LogP contribution in [0.3, 0.4) is 0 Å². The van der Waals surface area contributed by atoms with E-state index in [2.05, 4.69) is 4.74 Å². The van der Waals surface area contributed by atoms with Crippen LogP contribution in [0.5, 0.6) is 0 Å². The molecule has 0 amide bonds. The normalized spacial score (nSPS) is 15.4. The third-order valence-corrected chi connectivity index (χ3v) is 1.81. The molecule has 0 saturated heterocycles. The fourth-order valence-corrected chi connectivity index (χ4v) is 0.939. The molecule has 0 spiro atoms. The number of carbonyl (C=O) groups is 2. The Bertz CT molecular complexity index is 112. The topological polar surface area (TPSA) is 43.4 Å². The van der Waals surface area contributed by atoms with Gasteiger partial charge >= 0.3 is 0 Å². The summed E-state index contributed by atoms with van der Waals surface area (Å²) in [5, 5.41) is 0. The second-order valence-corrected chi connectivity index (χ2v) is 3.08. The first kappa shape index (κ1) is 15.8. The van der Waals surface area contributed by atoms with E-state index < -0.39 is 0 Å². The molecule has 0 radical (unpaired) electrons. The zero-order valence-corrected chi connectivity index (χ0v) is 9.49. The van der Waals surface area contributed by atoms with Gasteiger partial charge in [0, 0.05) is 7.11 Å². The smallest absolute Gasteiger partial charge is 0.148 e. The van der Waals surface area contributed by atoms with Crippen LogP contribution >= 0.6 is 0 Å². The summed E-state index contributed by atoms with van der Waals surface area (Å²) in [5.74, 6) is 0. The third-order valence-electron chi connectivity index (χ3n) is 1.81. The molecule has 0 aromatic heterocycles. The molecule has 1 rings (SSSR count). The highest BCUT2D eigenvalue weighted by Crippen LogP contribution is 2.15. The van der Waals surface area contributed by atoms with Crippen LogP contribution in [0, 0.1) is 0 Å². The van der Waals surface area contributed by atoms with Gasteiger partial charge in [0.15, 0.2) is 0 Å². The molecule has 14 heavy (non-hydrogen) atoms. The molecule has 0 unspecified atom stereocenters. The molecule has 3 nitrogen and oxygen atoms in total. The lowest BCUT2D eigenvalue weighted by atomic mass is 10.4. The predicted octanol–water partition coefficient (Wildman–Crippen LogP) is 2.38. The van der Waals surface area contributed by atoms with Crippen LogP contribution in [0.2, 0.25) is 0 Å². The molecule has 1 fully saturated rings. The standard InChI is InChI=1S/C5H10.C4H8O2.C2H4O/c1-2-4-5-3-1;1-4(3-5)6-2;1-2-3/h1-5H2;3-4H,1-2H3;2H,1H3/t;4-;/m.0./s1. The van der Waals surface area contributed by atoms with Gasteiger partial charge in [-0.05, 0) is 13.8 Å². The lowest BCUT2D eigenvalue weighted by Crippen LogP contribution is -2.04. The van der Waals surface area contributed by atoms with E-state index in [-0.39, 0.29) is 6.10 Å². The Kier molecular flexibility index (Phi) is 16.7. The minimum absolute atomic E-state index is 0.245. The summed E-state index contributed by atoms with van der Waals surface area (Å²) in [6, 6.07) is 0. The largest absolute Gasteiger partial charge is 0.374 e. The van der Waals surface area contributed by atoms with Gasteiger partial charge in [0.1, 0.15) is 18.7 Å². The molecule has 0 aliphatic heterocycles. The van der Waals surface area contributed by atoms with E-state index in [9.17, 15) is 4.79 Å². The SMILES string of the molecule is C1CCCC1.CC=O.CO[C@@H](C)C=O. The van der Waals surface area contributed by atoms with Crippen LogP contribution in [-0.2, 0) is 14.3 Å². The van der Waals surface area contributed by atoms with Crippen LogP contribution < -0.4 is 0 Å². The summed E-state index contributed by atoms with van der Waals surface area (Å²) in [5.41, 5.74) is 0. The lowest BCUT2D eigenvalue weighted by Gasteiger charge is -1.93. The number of rotatable bonds is 2. The highest BCUT2D eigenvalue weighted by atomic mass is 16.5. The van der Waals surface area contributed by atoms with Crippen molar-refractivity contribution in [2.45, 2.75) is 52.1 Å². The van der Waals surface area contributed by atoms with Crippen LogP contribution in [0.1, 0.15) is 46.0 Å². The molecule has 1 atom stereocenters. The van der Waals surface area contributed by atoms with Gasteiger partial charge in [-0.3, -0.25) is 0 Å². The molecule has 1 aliphatic rings. The number of methoxy groups -OCH3 is 1. The Morgan fingerprint density at radius 3 is 1.43 bits per heavy atom. The van der Waals surface area contributed by atoms with Crippen molar-refractivity contribution in [3.63, 3.8) is 0 Å². The maximum atomic E-state index is 9.61. The highest BCUT2D eigenvalue weighted by Gasteiger charge is 1.95. The molecule has 0 heterocycles. The van der Waals surface area contributed by atoms with Crippen molar-refractivity contribution < 1.29 is 14.3 Å². The van der Waals surface area contributed by atoms with Gasteiger partial charge in [0.25, 0.3) is 0 Å². The number of ether oxygens (including phenoxy) is 1. The first-order chi connectivity index (χ1) is 6.72. The van der Waals surface area contributed by atoms with Crippen molar-refractivity contribution in [3.05, 3.63) is 0 Å². The molecule has 0 aromatic carbocycles. The van der Waals surface area contributed by atoms with E-state index in [1.54, 1.807) is 6.92 Å². The molecule has 0 N–H and O–H groups in total. The maximum absolute atomic E-state index is 9.61. The third kappa shape index (κ3) is 17.4. The summed E-state index contributed by atoms with van der Waals surface area (Å²) in [4.78, 5) is 18.4. The Balaban J connectivity index is 0. The van der Waals surface area contributed by atoms with Gasteiger partial charge in [-0.1, -0.05) is 32.1 Å². The molecule has 0 bridgehead atoms. The summed E-state index contributed by atoms with van der Waals surface area (Å²) in [7, 11) is 1.50. The average molecular weight is 202 g/mol. The van der Waals surface area contributed by atoms with E-state index >= 15 is 0 Å².